The molecule has 0 saturated carbocycles. The van der Waals surface area contributed by atoms with Crippen LogP contribution in [0.2, 0.25) is 0 Å². The molecule has 2 aliphatic rings. The summed E-state index contributed by atoms with van der Waals surface area (Å²) in [6, 6.07) is 23.7. The van der Waals surface area contributed by atoms with Crippen molar-refractivity contribution < 1.29 is 22.7 Å². The number of aromatic nitrogens is 2. The number of benzene rings is 3. The van der Waals surface area contributed by atoms with Gasteiger partial charge in [-0.1, -0.05) is 48.5 Å². The van der Waals surface area contributed by atoms with Crippen LogP contribution in [0.25, 0.3) is 0 Å². The Morgan fingerprint density at radius 1 is 1.02 bits per heavy atom. The van der Waals surface area contributed by atoms with Crippen molar-refractivity contribution in [3.05, 3.63) is 101 Å². The highest BCUT2D eigenvalue weighted by atomic mass is 32.2. The maximum atomic E-state index is 13.1. The first-order valence-electron chi connectivity index (χ1n) is 13.1. The van der Waals surface area contributed by atoms with Crippen molar-refractivity contribution >= 4 is 27.4 Å². The number of sulfonamides is 1. The second kappa shape index (κ2) is 11.1. The topological polar surface area (TPSA) is 117 Å². The lowest BCUT2D eigenvalue weighted by molar-refractivity contribution is 0.102. The standard InChI is InChI=1S/C29H29N5O5S/c35-29(30-28-24-18-34(19-25(24)31-32-28)40(36,37)23-9-5-2-6-10-23)22-11-12-26-27(17-22)39-16-14-33(26)13-15-38-20-21-7-3-1-4-8-21/h1-12,17H,13-16,18-20H2,(H2,30,31,32,35). The number of fused-ring (bicyclic) bond motifs is 2. The number of anilines is 2. The molecule has 0 spiro atoms. The van der Waals surface area contributed by atoms with E-state index in [1.807, 2.05) is 36.4 Å². The first-order valence-corrected chi connectivity index (χ1v) is 14.5. The van der Waals surface area contributed by atoms with E-state index >= 15 is 0 Å². The zero-order valence-electron chi connectivity index (χ0n) is 21.7. The molecule has 10 nitrogen and oxygen atoms in total. The van der Waals surface area contributed by atoms with E-state index in [-0.39, 0.29) is 23.9 Å². The van der Waals surface area contributed by atoms with Crippen molar-refractivity contribution in [2.75, 3.05) is 36.5 Å². The Bertz CT molecular complexity index is 1610. The van der Waals surface area contributed by atoms with Crippen LogP contribution in [-0.2, 0) is 34.5 Å². The summed E-state index contributed by atoms with van der Waals surface area (Å²) < 4.78 is 39.2. The van der Waals surface area contributed by atoms with Gasteiger partial charge in [-0.3, -0.25) is 9.89 Å². The average Bonchev–Trinajstić information content (AvgIpc) is 3.58. The Balaban J connectivity index is 1.09. The Hall–Kier alpha value is -4.19. The molecule has 0 fully saturated rings. The summed E-state index contributed by atoms with van der Waals surface area (Å²) in [5, 5.41) is 9.93. The van der Waals surface area contributed by atoms with E-state index in [0.717, 1.165) is 17.8 Å². The molecule has 11 heteroatoms. The summed E-state index contributed by atoms with van der Waals surface area (Å²) in [5.74, 6) is 0.601. The van der Waals surface area contributed by atoms with Crippen molar-refractivity contribution in [1.29, 1.82) is 0 Å². The fraction of sp³-hybridized carbons (Fsp3) is 0.241. The number of ether oxygens (including phenoxy) is 2. The number of hydrogen-bond acceptors (Lipinski definition) is 7. The van der Waals surface area contributed by atoms with Gasteiger partial charge in [0.1, 0.15) is 12.4 Å². The molecule has 0 bridgehead atoms. The van der Waals surface area contributed by atoms with Crippen LogP contribution in [0.3, 0.4) is 0 Å². The molecule has 3 heterocycles. The van der Waals surface area contributed by atoms with Crippen LogP contribution in [0.1, 0.15) is 27.2 Å². The zero-order chi connectivity index (χ0) is 27.5. The molecule has 0 radical (unpaired) electrons. The van der Waals surface area contributed by atoms with Crippen LogP contribution in [-0.4, -0.2) is 55.1 Å². The Morgan fingerprint density at radius 2 is 1.80 bits per heavy atom. The monoisotopic (exact) mass is 559 g/mol. The predicted octanol–water partition coefficient (Wildman–Crippen LogP) is 3.78. The number of hydrogen-bond donors (Lipinski definition) is 2. The Kier molecular flexibility index (Phi) is 7.25. The van der Waals surface area contributed by atoms with Gasteiger partial charge in [0.25, 0.3) is 5.91 Å². The second-order valence-corrected chi connectivity index (χ2v) is 11.6. The third kappa shape index (κ3) is 5.31. The lowest BCUT2D eigenvalue weighted by atomic mass is 10.1. The number of amides is 1. The molecule has 0 unspecified atom stereocenters. The number of carbonyl (C=O) groups excluding carboxylic acids is 1. The van der Waals surface area contributed by atoms with Crippen LogP contribution < -0.4 is 15.0 Å². The van der Waals surface area contributed by atoms with Gasteiger partial charge in [0.15, 0.2) is 5.82 Å². The highest BCUT2D eigenvalue weighted by Gasteiger charge is 2.34. The number of carbonyl (C=O) groups is 1. The fourth-order valence-corrected chi connectivity index (χ4v) is 6.29. The number of nitrogens with one attached hydrogen (secondary N) is 2. The lowest BCUT2D eigenvalue weighted by Crippen LogP contribution is -2.35. The molecule has 206 valence electrons. The van der Waals surface area contributed by atoms with Gasteiger partial charge in [-0.25, -0.2) is 8.42 Å². The van der Waals surface area contributed by atoms with Crippen LogP contribution in [0.15, 0.2) is 83.8 Å². The predicted molar refractivity (Wildman–Crippen MR) is 150 cm³/mol. The van der Waals surface area contributed by atoms with E-state index in [0.29, 0.717) is 54.8 Å². The first kappa shape index (κ1) is 26.1. The van der Waals surface area contributed by atoms with Gasteiger partial charge in [-0.2, -0.15) is 9.40 Å². The van der Waals surface area contributed by atoms with Crippen molar-refractivity contribution in [2.45, 2.75) is 24.6 Å². The van der Waals surface area contributed by atoms with Gasteiger partial charge in [0.05, 0.1) is 42.6 Å². The maximum Gasteiger partial charge on any atom is 0.257 e. The second-order valence-electron chi connectivity index (χ2n) is 9.63. The van der Waals surface area contributed by atoms with Crippen LogP contribution in [0.4, 0.5) is 11.5 Å². The molecule has 6 rings (SSSR count). The van der Waals surface area contributed by atoms with E-state index in [9.17, 15) is 13.2 Å². The zero-order valence-corrected chi connectivity index (χ0v) is 22.6. The molecule has 1 amide bonds. The van der Waals surface area contributed by atoms with E-state index in [1.165, 1.54) is 4.31 Å². The van der Waals surface area contributed by atoms with Crippen molar-refractivity contribution in [3.8, 4) is 5.75 Å². The molecule has 0 aliphatic carbocycles. The molecular weight excluding hydrogens is 530 g/mol. The normalized spacial score (nSPS) is 14.8. The third-order valence-electron chi connectivity index (χ3n) is 7.03. The van der Waals surface area contributed by atoms with Crippen LogP contribution >= 0.6 is 0 Å². The Labute approximate surface area is 232 Å². The van der Waals surface area contributed by atoms with Gasteiger partial charge in [0, 0.05) is 24.2 Å². The summed E-state index contributed by atoms with van der Waals surface area (Å²) in [4.78, 5) is 15.6. The van der Waals surface area contributed by atoms with Crippen molar-refractivity contribution in [2.24, 2.45) is 0 Å². The molecule has 4 aromatic rings. The van der Waals surface area contributed by atoms with Gasteiger partial charge < -0.3 is 19.7 Å². The number of nitrogens with zero attached hydrogens (tertiary/aromatic N) is 3. The fourth-order valence-electron chi connectivity index (χ4n) is 4.90. The molecule has 1 aromatic heterocycles. The van der Waals surface area contributed by atoms with Gasteiger partial charge in [0.2, 0.25) is 10.0 Å². The molecule has 2 N–H and O–H groups in total. The summed E-state index contributed by atoms with van der Waals surface area (Å²) in [7, 11) is -3.67. The maximum absolute atomic E-state index is 13.1. The average molecular weight is 560 g/mol. The minimum absolute atomic E-state index is 0.118. The quantitative estimate of drug-likeness (QED) is 0.300. The van der Waals surface area contributed by atoms with Crippen molar-refractivity contribution in [3.63, 3.8) is 0 Å². The van der Waals surface area contributed by atoms with Gasteiger partial charge in [-0.05, 0) is 35.9 Å². The molecule has 2 aliphatic heterocycles. The number of rotatable bonds is 9. The van der Waals surface area contributed by atoms with Gasteiger partial charge >= 0.3 is 0 Å². The third-order valence-corrected chi connectivity index (χ3v) is 8.84. The first-order chi connectivity index (χ1) is 19.5. The van der Waals surface area contributed by atoms with Crippen molar-refractivity contribution in [1.82, 2.24) is 14.5 Å². The van der Waals surface area contributed by atoms with Gasteiger partial charge in [-0.15, -0.1) is 0 Å². The van der Waals surface area contributed by atoms with E-state index in [4.69, 9.17) is 9.47 Å². The SMILES string of the molecule is O=C(Nc1n[nH]c2c1CN(S(=O)(=O)c1ccccc1)C2)c1ccc2c(c1)OCCN2CCOCc1ccccc1. The minimum atomic E-state index is -3.67. The summed E-state index contributed by atoms with van der Waals surface area (Å²) in [6.07, 6.45) is 0. The highest BCUT2D eigenvalue weighted by molar-refractivity contribution is 7.89. The molecule has 40 heavy (non-hydrogen) atoms. The summed E-state index contributed by atoms with van der Waals surface area (Å²) in [6.45, 7) is 3.35. The lowest BCUT2D eigenvalue weighted by Gasteiger charge is -2.31. The largest absolute Gasteiger partial charge is 0.490 e. The Morgan fingerprint density at radius 3 is 2.60 bits per heavy atom. The summed E-state index contributed by atoms with van der Waals surface area (Å²) >= 11 is 0. The van der Waals surface area contributed by atoms with E-state index in [2.05, 4.69) is 20.4 Å². The minimum Gasteiger partial charge on any atom is -0.490 e. The molecular formula is C29H29N5O5S. The molecule has 0 saturated heterocycles. The summed E-state index contributed by atoms with van der Waals surface area (Å²) in [5.41, 5.74) is 3.78. The number of aromatic amines is 1. The van der Waals surface area contributed by atoms with Crippen LogP contribution in [0, 0.1) is 0 Å². The molecule has 0 atom stereocenters. The smallest absolute Gasteiger partial charge is 0.257 e. The highest BCUT2D eigenvalue weighted by Crippen LogP contribution is 2.34. The molecule has 3 aromatic carbocycles. The number of H-pyrrole nitrogens is 1. The van der Waals surface area contributed by atoms with E-state index < -0.39 is 10.0 Å². The van der Waals surface area contributed by atoms with Crippen LogP contribution in [0.5, 0.6) is 5.75 Å². The van der Waals surface area contributed by atoms with E-state index in [1.54, 1.807) is 42.5 Å².